The van der Waals surface area contributed by atoms with Gasteiger partial charge in [-0.15, -0.1) is 6.58 Å². The van der Waals surface area contributed by atoms with Gasteiger partial charge in [-0.1, -0.05) is 23.8 Å². The monoisotopic (exact) mass is 394 g/mol. The van der Waals surface area contributed by atoms with E-state index in [1.54, 1.807) is 18.2 Å². The van der Waals surface area contributed by atoms with Gasteiger partial charge >= 0.3 is 0 Å². The topological polar surface area (TPSA) is 70.9 Å². The summed E-state index contributed by atoms with van der Waals surface area (Å²) in [6, 6.07) is 11.3. The quantitative estimate of drug-likeness (QED) is 0.549. The minimum Gasteiger partial charge on any atom is -0.504 e. The van der Waals surface area contributed by atoms with Crippen molar-refractivity contribution in [1.82, 2.24) is 5.32 Å². The Morgan fingerprint density at radius 1 is 1.29 bits per heavy atom. The van der Waals surface area contributed by atoms with Crippen LogP contribution >= 0.6 is 11.8 Å². The van der Waals surface area contributed by atoms with Gasteiger partial charge in [0.05, 0.1) is 17.2 Å². The number of amidine groups is 1. The Balaban J connectivity index is 1.89. The van der Waals surface area contributed by atoms with Crippen LogP contribution in [0.4, 0.5) is 5.69 Å². The lowest BCUT2D eigenvalue weighted by molar-refractivity contribution is -0.115. The molecule has 0 saturated carbocycles. The molecule has 0 radical (unpaired) electrons. The lowest BCUT2D eigenvalue weighted by Gasteiger charge is -2.11. The fraction of sp³-hybridized carbons (Fsp3) is 0.182. The summed E-state index contributed by atoms with van der Waals surface area (Å²) in [5, 5.41) is 13.6. The second kappa shape index (κ2) is 8.80. The molecule has 0 spiro atoms. The molecule has 1 saturated heterocycles. The van der Waals surface area contributed by atoms with Crippen molar-refractivity contribution in [3.8, 4) is 11.5 Å². The summed E-state index contributed by atoms with van der Waals surface area (Å²) in [5.74, 6) is 0.298. The molecule has 2 aromatic rings. The number of benzene rings is 2. The standard InChI is InChI=1S/C22H22N2O3S/c1-4-6-16-11-15(12-18(20(16)25)27-5-2)13-19-21(26)24-22(28-19)23-17-9-7-14(3)8-10-17/h4,7-13,25H,1,5-6H2,2-3H3,(H,23,24,26)/b19-13-. The second-order valence-corrected chi connectivity index (χ2v) is 7.30. The highest BCUT2D eigenvalue weighted by molar-refractivity contribution is 8.18. The normalized spacial score (nSPS) is 16.4. The first-order chi connectivity index (χ1) is 13.5. The highest BCUT2D eigenvalue weighted by Crippen LogP contribution is 2.35. The van der Waals surface area contributed by atoms with E-state index in [0.717, 1.165) is 16.8 Å². The van der Waals surface area contributed by atoms with Gasteiger partial charge in [0, 0.05) is 5.56 Å². The Hall–Kier alpha value is -2.99. The van der Waals surface area contributed by atoms with Crippen LogP contribution in [0.5, 0.6) is 11.5 Å². The molecule has 144 valence electrons. The van der Waals surface area contributed by atoms with Crippen LogP contribution in [0.1, 0.15) is 23.6 Å². The maximum absolute atomic E-state index is 12.3. The Morgan fingerprint density at radius 2 is 2.04 bits per heavy atom. The smallest absolute Gasteiger partial charge is 0.264 e. The van der Waals surface area contributed by atoms with Crippen LogP contribution in [0, 0.1) is 6.92 Å². The van der Waals surface area contributed by atoms with Gasteiger partial charge in [0.15, 0.2) is 16.7 Å². The number of aliphatic imine (C=N–C) groups is 1. The zero-order valence-electron chi connectivity index (χ0n) is 15.9. The highest BCUT2D eigenvalue weighted by Gasteiger charge is 2.24. The highest BCUT2D eigenvalue weighted by atomic mass is 32.2. The largest absolute Gasteiger partial charge is 0.504 e. The molecular weight excluding hydrogens is 372 g/mol. The number of phenols is 1. The number of thioether (sulfide) groups is 1. The average Bonchev–Trinajstić information content (AvgIpc) is 3.00. The Bertz CT molecular complexity index is 962. The number of allylic oxidation sites excluding steroid dienone is 1. The summed E-state index contributed by atoms with van der Waals surface area (Å²) in [6.45, 7) is 8.02. The van der Waals surface area contributed by atoms with Crippen LogP contribution in [0.2, 0.25) is 0 Å². The summed E-state index contributed by atoms with van der Waals surface area (Å²) in [7, 11) is 0. The number of hydrogen-bond acceptors (Lipinski definition) is 5. The minimum atomic E-state index is -0.202. The molecule has 3 rings (SSSR count). The predicted octanol–water partition coefficient (Wildman–Crippen LogP) is 4.72. The lowest BCUT2D eigenvalue weighted by atomic mass is 10.1. The molecule has 1 aliphatic rings. The van der Waals surface area contributed by atoms with Crippen molar-refractivity contribution >= 4 is 34.6 Å². The first-order valence-electron chi connectivity index (χ1n) is 8.96. The average molecular weight is 394 g/mol. The summed E-state index contributed by atoms with van der Waals surface area (Å²) in [5.41, 5.74) is 3.41. The molecule has 2 aromatic carbocycles. The van der Waals surface area contributed by atoms with Crippen molar-refractivity contribution in [2.24, 2.45) is 4.99 Å². The third-order valence-electron chi connectivity index (χ3n) is 4.05. The van der Waals surface area contributed by atoms with Gasteiger partial charge in [0.25, 0.3) is 5.91 Å². The van der Waals surface area contributed by atoms with E-state index in [4.69, 9.17) is 4.74 Å². The van der Waals surface area contributed by atoms with Crippen LogP contribution in [0.25, 0.3) is 6.08 Å². The molecule has 1 aliphatic heterocycles. The predicted molar refractivity (Wildman–Crippen MR) is 115 cm³/mol. The number of amides is 1. The van der Waals surface area contributed by atoms with Crippen LogP contribution in [-0.2, 0) is 11.2 Å². The summed E-state index contributed by atoms with van der Waals surface area (Å²) in [6.07, 6.45) is 3.99. The Morgan fingerprint density at radius 3 is 2.71 bits per heavy atom. The number of rotatable bonds is 6. The molecule has 1 fully saturated rings. The maximum atomic E-state index is 12.3. The molecule has 1 heterocycles. The van der Waals surface area contributed by atoms with E-state index in [-0.39, 0.29) is 11.7 Å². The van der Waals surface area contributed by atoms with Crippen molar-refractivity contribution in [3.63, 3.8) is 0 Å². The first kappa shape index (κ1) is 19.8. The zero-order valence-corrected chi connectivity index (χ0v) is 16.7. The van der Waals surface area contributed by atoms with Crippen LogP contribution in [0.3, 0.4) is 0 Å². The SMILES string of the molecule is C=CCc1cc(/C=C2\SC(=Nc3ccc(C)cc3)NC2=O)cc(OCC)c1O. The summed E-state index contributed by atoms with van der Waals surface area (Å²) < 4.78 is 5.52. The number of phenolic OH excluding ortho intramolecular Hbond substituents is 1. The first-order valence-corrected chi connectivity index (χ1v) is 9.77. The van der Waals surface area contributed by atoms with Gasteiger partial charge in [-0.3, -0.25) is 4.79 Å². The van der Waals surface area contributed by atoms with E-state index in [0.29, 0.717) is 34.4 Å². The molecule has 0 atom stereocenters. The third kappa shape index (κ3) is 4.64. The number of nitrogens with zero attached hydrogens (tertiary/aromatic N) is 1. The van der Waals surface area contributed by atoms with Gasteiger partial charge in [-0.2, -0.15) is 0 Å². The van der Waals surface area contributed by atoms with E-state index in [1.807, 2.05) is 44.2 Å². The van der Waals surface area contributed by atoms with Gasteiger partial charge in [-0.05, 0) is 67.9 Å². The van der Waals surface area contributed by atoms with Crippen molar-refractivity contribution in [2.75, 3.05) is 6.61 Å². The second-order valence-electron chi connectivity index (χ2n) is 6.27. The fourth-order valence-corrected chi connectivity index (χ4v) is 3.56. The number of carbonyl (C=O) groups excluding carboxylic acids is 1. The number of hydrogen-bond donors (Lipinski definition) is 2. The fourth-order valence-electron chi connectivity index (χ4n) is 2.72. The number of aromatic hydroxyl groups is 1. The van der Waals surface area contributed by atoms with E-state index in [9.17, 15) is 9.90 Å². The van der Waals surface area contributed by atoms with E-state index in [1.165, 1.54) is 11.8 Å². The molecule has 0 aromatic heterocycles. The molecule has 6 heteroatoms. The lowest BCUT2D eigenvalue weighted by Crippen LogP contribution is -2.19. The van der Waals surface area contributed by atoms with Crippen LogP contribution in [0.15, 0.2) is 59.0 Å². The van der Waals surface area contributed by atoms with E-state index >= 15 is 0 Å². The Labute approximate surface area is 168 Å². The van der Waals surface area contributed by atoms with Gasteiger partial charge in [-0.25, -0.2) is 4.99 Å². The maximum Gasteiger partial charge on any atom is 0.264 e. The minimum absolute atomic E-state index is 0.106. The van der Waals surface area contributed by atoms with Crippen molar-refractivity contribution in [3.05, 3.63) is 70.6 Å². The molecule has 0 unspecified atom stereocenters. The van der Waals surface area contributed by atoms with Crippen LogP contribution in [-0.4, -0.2) is 22.8 Å². The third-order valence-corrected chi connectivity index (χ3v) is 4.96. The number of ether oxygens (including phenoxy) is 1. The Kier molecular flexibility index (Phi) is 6.21. The van der Waals surface area contributed by atoms with Gasteiger partial charge < -0.3 is 15.2 Å². The molecule has 0 bridgehead atoms. The molecule has 28 heavy (non-hydrogen) atoms. The van der Waals surface area contributed by atoms with Gasteiger partial charge in [0.2, 0.25) is 0 Å². The summed E-state index contributed by atoms with van der Waals surface area (Å²) in [4.78, 5) is 17.4. The van der Waals surface area contributed by atoms with Crippen LogP contribution < -0.4 is 10.1 Å². The van der Waals surface area contributed by atoms with Crippen molar-refractivity contribution < 1.29 is 14.6 Å². The number of aryl methyl sites for hydroxylation is 1. The molecule has 0 aliphatic carbocycles. The van der Waals surface area contributed by atoms with E-state index in [2.05, 4.69) is 16.9 Å². The van der Waals surface area contributed by atoms with Gasteiger partial charge in [0.1, 0.15) is 0 Å². The molecule has 1 amide bonds. The zero-order chi connectivity index (χ0) is 20.1. The molecular formula is C22H22N2O3S. The molecule has 2 N–H and O–H groups in total. The van der Waals surface area contributed by atoms with Crippen molar-refractivity contribution in [2.45, 2.75) is 20.3 Å². The van der Waals surface area contributed by atoms with Crippen molar-refractivity contribution in [1.29, 1.82) is 0 Å². The molecule has 5 nitrogen and oxygen atoms in total. The number of nitrogens with one attached hydrogen (secondary N) is 1. The van der Waals surface area contributed by atoms with E-state index < -0.39 is 0 Å². The number of carbonyl (C=O) groups is 1. The summed E-state index contributed by atoms with van der Waals surface area (Å²) >= 11 is 1.28.